The topological polar surface area (TPSA) is 116 Å². The molecule has 1 atom stereocenters. The Morgan fingerprint density at radius 1 is 1.13 bits per heavy atom. The molecule has 1 unspecified atom stereocenters. The molecule has 1 aliphatic rings. The van der Waals surface area contributed by atoms with Crippen LogP contribution in [0.5, 0.6) is 11.5 Å². The van der Waals surface area contributed by atoms with Gasteiger partial charge in [0.1, 0.15) is 6.04 Å². The van der Waals surface area contributed by atoms with Gasteiger partial charge in [-0.1, -0.05) is 13.8 Å². The average molecular weight is 424 g/mol. The summed E-state index contributed by atoms with van der Waals surface area (Å²) in [5.74, 6) is -2.84. The predicted octanol–water partition coefficient (Wildman–Crippen LogP) is 2.54. The van der Waals surface area contributed by atoms with E-state index in [-0.39, 0.29) is 28.9 Å². The summed E-state index contributed by atoms with van der Waals surface area (Å²) in [6, 6.07) is 5.63. The Labute approximate surface area is 169 Å². The lowest BCUT2D eigenvalue weighted by Crippen LogP contribution is -2.45. The summed E-state index contributed by atoms with van der Waals surface area (Å²) in [4.78, 5) is 36.4. The van der Waals surface area contributed by atoms with E-state index in [4.69, 9.17) is 9.15 Å². The van der Waals surface area contributed by atoms with Crippen molar-refractivity contribution >= 4 is 23.5 Å². The zero-order valence-corrected chi connectivity index (χ0v) is 15.9. The van der Waals surface area contributed by atoms with Crippen LogP contribution in [0.3, 0.4) is 0 Å². The van der Waals surface area contributed by atoms with Gasteiger partial charge in [-0.15, -0.1) is 8.78 Å². The van der Waals surface area contributed by atoms with Gasteiger partial charge in [0, 0.05) is 11.8 Å². The first-order valence-corrected chi connectivity index (χ1v) is 8.85. The van der Waals surface area contributed by atoms with Gasteiger partial charge in [-0.3, -0.25) is 9.59 Å². The molecule has 2 aromatic rings. The number of benzene rings is 1. The van der Waals surface area contributed by atoms with E-state index < -0.39 is 36.7 Å². The predicted molar refractivity (Wildman–Crippen MR) is 97.0 cm³/mol. The number of amides is 2. The lowest BCUT2D eigenvalue weighted by Gasteiger charge is -2.20. The Hall–Kier alpha value is -3.63. The van der Waals surface area contributed by atoms with Crippen molar-refractivity contribution in [1.29, 1.82) is 0 Å². The Balaban J connectivity index is 1.53. The van der Waals surface area contributed by atoms with Crippen LogP contribution >= 0.6 is 0 Å². The number of furan rings is 1. The number of halogens is 2. The molecular formula is C19H18F2N2O7. The molecule has 2 N–H and O–H groups in total. The number of hydrogen-bond acceptors (Lipinski definition) is 7. The van der Waals surface area contributed by atoms with E-state index in [2.05, 4.69) is 20.1 Å². The van der Waals surface area contributed by atoms with E-state index in [9.17, 15) is 23.2 Å². The van der Waals surface area contributed by atoms with Gasteiger partial charge in [0.05, 0.1) is 6.26 Å². The lowest BCUT2D eigenvalue weighted by molar-refractivity contribution is -0.286. The maximum atomic E-state index is 13.0. The number of anilines is 1. The fourth-order valence-corrected chi connectivity index (χ4v) is 2.57. The molecule has 3 rings (SSSR count). The second-order valence-electron chi connectivity index (χ2n) is 6.66. The molecule has 0 spiro atoms. The summed E-state index contributed by atoms with van der Waals surface area (Å²) in [5.41, 5.74) is 0.141. The molecule has 0 saturated heterocycles. The van der Waals surface area contributed by atoms with Gasteiger partial charge < -0.3 is 29.3 Å². The van der Waals surface area contributed by atoms with Crippen LogP contribution in [-0.2, 0) is 14.3 Å². The van der Waals surface area contributed by atoms with Crippen molar-refractivity contribution in [3.63, 3.8) is 0 Å². The largest absolute Gasteiger partial charge is 0.586 e. The van der Waals surface area contributed by atoms with Crippen LogP contribution in [0.25, 0.3) is 0 Å². The summed E-state index contributed by atoms with van der Waals surface area (Å²) >= 11 is 0. The summed E-state index contributed by atoms with van der Waals surface area (Å²) in [5, 5.41) is 4.87. The highest BCUT2D eigenvalue weighted by Gasteiger charge is 2.43. The fourth-order valence-electron chi connectivity index (χ4n) is 2.57. The van der Waals surface area contributed by atoms with Gasteiger partial charge in [-0.25, -0.2) is 4.79 Å². The van der Waals surface area contributed by atoms with Gasteiger partial charge >= 0.3 is 12.3 Å². The van der Waals surface area contributed by atoms with E-state index in [0.717, 1.165) is 6.07 Å². The third kappa shape index (κ3) is 5.04. The molecule has 30 heavy (non-hydrogen) atoms. The fraction of sp³-hybridized carbons (Fsp3) is 0.316. The molecule has 1 aromatic heterocycles. The highest BCUT2D eigenvalue weighted by molar-refractivity contribution is 5.96. The Morgan fingerprint density at radius 3 is 2.53 bits per heavy atom. The molecule has 2 amide bonds. The Morgan fingerprint density at radius 2 is 1.87 bits per heavy atom. The van der Waals surface area contributed by atoms with E-state index in [1.54, 1.807) is 13.8 Å². The number of rotatable bonds is 7. The second-order valence-corrected chi connectivity index (χ2v) is 6.66. The maximum absolute atomic E-state index is 13.0. The number of carbonyl (C=O) groups excluding carboxylic acids is 3. The molecule has 1 aliphatic heterocycles. The summed E-state index contributed by atoms with van der Waals surface area (Å²) in [7, 11) is 0. The Bertz CT molecular complexity index is 944. The molecule has 0 fully saturated rings. The smallest absolute Gasteiger partial charge is 0.459 e. The second kappa shape index (κ2) is 8.39. The molecule has 1 aromatic carbocycles. The van der Waals surface area contributed by atoms with Crippen molar-refractivity contribution in [2.24, 2.45) is 5.92 Å². The number of fused-ring (bicyclic) bond motifs is 1. The summed E-state index contributed by atoms with van der Waals surface area (Å²) in [6.45, 7) is 2.73. The molecule has 11 heteroatoms. The highest BCUT2D eigenvalue weighted by Crippen LogP contribution is 2.42. The zero-order valence-electron chi connectivity index (χ0n) is 15.9. The van der Waals surface area contributed by atoms with E-state index in [1.165, 1.54) is 30.5 Å². The van der Waals surface area contributed by atoms with Gasteiger partial charge in [0.25, 0.3) is 11.8 Å². The zero-order chi connectivity index (χ0) is 21.9. The number of carbonyl (C=O) groups is 3. The number of esters is 1. The first-order valence-electron chi connectivity index (χ1n) is 8.85. The SMILES string of the molecule is CC(C)C(NC(=O)c1ccco1)C(=O)OCC(=O)Nc1ccc2c(c1)OC(F)(F)O2. The highest BCUT2D eigenvalue weighted by atomic mass is 19.3. The first kappa shape index (κ1) is 21.1. The number of hydrogen-bond donors (Lipinski definition) is 2. The standard InChI is InChI=1S/C19H18F2N2O7/c1-10(2)16(23-17(25)13-4-3-7-27-13)18(26)28-9-15(24)22-11-5-6-12-14(8-11)30-19(20,21)29-12/h3-8,10,16H,9H2,1-2H3,(H,22,24)(H,23,25). The van der Waals surface area contributed by atoms with Crippen LogP contribution in [0.15, 0.2) is 41.0 Å². The van der Waals surface area contributed by atoms with Crippen molar-refractivity contribution in [2.75, 3.05) is 11.9 Å². The van der Waals surface area contributed by atoms with Crippen LogP contribution in [0, 0.1) is 5.92 Å². The molecule has 2 heterocycles. The van der Waals surface area contributed by atoms with Crippen molar-refractivity contribution in [1.82, 2.24) is 5.32 Å². The normalized spacial score (nSPS) is 14.8. The van der Waals surface area contributed by atoms with Crippen LogP contribution in [0.4, 0.5) is 14.5 Å². The third-order valence-corrected chi connectivity index (χ3v) is 3.98. The van der Waals surface area contributed by atoms with Crippen LogP contribution in [0.1, 0.15) is 24.4 Å². The van der Waals surface area contributed by atoms with Crippen LogP contribution in [0.2, 0.25) is 0 Å². The molecule has 0 radical (unpaired) electrons. The summed E-state index contributed by atoms with van der Waals surface area (Å²) in [6.07, 6.45) is -2.45. The number of alkyl halides is 2. The first-order chi connectivity index (χ1) is 14.1. The minimum absolute atomic E-state index is 0.0274. The van der Waals surface area contributed by atoms with Gasteiger partial charge in [0.15, 0.2) is 23.9 Å². The van der Waals surface area contributed by atoms with Gasteiger partial charge in [-0.2, -0.15) is 0 Å². The van der Waals surface area contributed by atoms with Crippen molar-refractivity contribution in [2.45, 2.75) is 26.2 Å². The van der Waals surface area contributed by atoms with E-state index in [1.807, 2.05) is 0 Å². The van der Waals surface area contributed by atoms with Gasteiger partial charge in [-0.05, 0) is 30.2 Å². The summed E-state index contributed by atoms with van der Waals surface area (Å²) < 4.78 is 44.6. The minimum atomic E-state index is -3.77. The van der Waals surface area contributed by atoms with Crippen molar-refractivity contribution in [3.8, 4) is 11.5 Å². The van der Waals surface area contributed by atoms with Crippen molar-refractivity contribution in [3.05, 3.63) is 42.4 Å². The number of ether oxygens (including phenoxy) is 3. The molecule has 0 saturated carbocycles. The molecule has 9 nitrogen and oxygen atoms in total. The minimum Gasteiger partial charge on any atom is -0.459 e. The monoisotopic (exact) mass is 424 g/mol. The van der Waals surface area contributed by atoms with Crippen LogP contribution in [-0.4, -0.2) is 36.7 Å². The third-order valence-electron chi connectivity index (χ3n) is 3.98. The van der Waals surface area contributed by atoms with E-state index >= 15 is 0 Å². The quantitative estimate of drug-likeness (QED) is 0.656. The van der Waals surface area contributed by atoms with Gasteiger partial charge in [0.2, 0.25) is 0 Å². The molecule has 0 aliphatic carbocycles. The Kier molecular flexibility index (Phi) is 5.90. The maximum Gasteiger partial charge on any atom is 0.586 e. The van der Waals surface area contributed by atoms with E-state index in [0.29, 0.717) is 0 Å². The molecule has 0 bridgehead atoms. The molecular weight excluding hydrogens is 406 g/mol. The molecule has 160 valence electrons. The van der Waals surface area contributed by atoms with Crippen molar-refractivity contribution < 1.29 is 41.8 Å². The van der Waals surface area contributed by atoms with Crippen LogP contribution < -0.4 is 20.1 Å². The average Bonchev–Trinajstić information content (AvgIpc) is 3.29. The number of nitrogens with one attached hydrogen (secondary N) is 2. The lowest BCUT2D eigenvalue weighted by atomic mass is 10.0.